The summed E-state index contributed by atoms with van der Waals surface area (Å²) < 4.78 is 10.3. The van der Waals surface area contributed by atoms with Gasteiger partial charge in [-0.05, 0) is 29.8 Å². The smallest absolute Gasteiger partial charge is 0.251 e. The fourth-order valence-corrected chi connectivity index (χ4v) is 1.89. The molecule has 2 aromatic rings. The number of hydrogen-bond acceptors (Lipinski definition) is 4. The molecule has 0 saturated carbocycles. The molecular weight excluding hydrogens is 270 g/mol. The summed E-state index contributed by atoms with van der Waals surface area (Å²) in [6.07, 6.45) is 0. The Hall–Kier alpha value is -2.69. The number of phenols is 1. The fourth-order valence-electron chi connectivity index (χ4n) is 1.89. The number of carbonyl (C=O) groups is 1. The van der Waals surface area contributed by atoms with Crippen molar-refractivity contribution in [3.05, 3.63) is 53.6 Å². The van der Waals surface area contributed by atoms with Crippen LogP contribution < -0.4 is 14.8 Å². The maximum atomic E-state index is 12.2. The number of aromatic hydroxyl groups is 1. The van der Waals surface area contributed by atoms with Crippen LogP contribution in [0, 0.1) is 0 Å². The van der Waals surface area contributed by atoms with E-state index in [9.17, 15) is 9.90 Å². The van der Waals surface area contributed by atoms with Gasteiger partial charge in [-0.25, -0.2) is 0 Å². The monoisotopic (exact) mass is 287 g/mol. The first-order valence-electron chi connectivity index (χ1n) is 6.41. The maximum absolute atomic E-state index is 12.2. The normalized spacial score (nSPS) is 10.0. The van der Waals surface area contributed by atoms with Crippen LogP contribution in [0.3, 0.4) is 0 Å². The van der Waals surface area contributed by atoms with Gasteiger partial charge in [-0.3, -0.25) is 4.79 Å². The third kappa shape index (κ3) is 3.89. The van der Waals surface area contributed by atoms with Crippen LogP contribution in [0.2, 0.25) is 0 Å². The van der Waals surface area contributed by atoms with Gasteiger partial charge in [0.1, 0.15) is 17.2 Å². The number of benzene rings is 2. The molecule has 2 aromatic carbocycles. The highest BCUT2D eigenvalue weighted by atomic mass is 16.5. The minimum Gasteiger partial charge on any atom is -0.508 e. The average Bonchev–Trinajstić information content (AvgIpc) is 2.52. The molecule has 0 bridgehead atoms. The molecule has 0 saturated heterocycles. The predicted octanol–water partition coefficient (Wildman–Crippen LogP) is 2.34. The lowest BCUT2D eigenvalue weighted by Gasteiger charge is -2.09. The molecule has 1 amide bonds. The Balaban J connectivity index is 2.09. The first-order valence-corrected chi connectivity index (χ1v) is 6.41. The van der Waals surface area contributed by atoms with Gasteiger partial charge in [0.15, 0.2) is 0 Å². The number of nitrogens with one attached hydrogen (secondary N) is 1. The minimum absolute atomic E-state index is 0.171. The summed E-state index contributed by atoms with van der Waals surface area (Å²) in [6.45, 7) is 0.326. The second-order valence-electron chi connectivity index (χ2n) is 4.45. The van der Waals surface area contributed by atoms with Gasteiger partial charge in [0.2, 0.25) is 0 Å². The van der Waals surface area contributed by atoms with Crippen LogP contribution in [0.4, 0.5) is 0 Å². The van der Waals surface area contributed by atoms with Gasteiger partial charge in [0.25, 0.3) is 5.91 Å². The second-order valence-corrected chi connectivity index (χ2v) is 4.45. The Labute approximate surface area is 123 Å². The van der Waals surface area contributed by atoms with E-state index in [4.69, 9.17) is 9.47 Å². The second kappa shape index (κ2) is 6.65. The zero-order chi connectivity index (χ0) is 15.2. The van der Waals surface area contributed by atoms with Gasteiger partial charge in [-0.15, -0.1) is 0 Å². The van der Waals surface area contributed by atoms with E-state index in [-0.39, 0.29) is 11.7 Å². The number of hydrogen-bond donors (Lipinski definition) is 2. The molecule has 0 atom stereocenters. The lowest BCUT2D eigenvalue weighted by molar-refractivity contribution is 0.0950. The number of methoxy groups -OCH3 is 2. The van der Waals surface area contributed by atoms with Crippen molar-refractivity contribution in [2.45, 2.75) is 6.54 Å². The van der Waals surface area contributed by atoms with Crippen molar-refractivity contribution < 1.29 is 19.4 Å². The summed E-state index contributed by atoms with van der Waals surface area (Å²) in [5.74, 6) is 1.04. The van der Waals surface area contributed by atoms with Crippen molar-refractivity contribution in [2.24, 2.45) is 0 Å². The molecule has 0 unspecified atom stereocenters. The molecule has 0 aliphatic carbocycles. The van der Waals surface area contributed by atoms with Gasteiger partial charge in [-0.2, -0.15) is 0 Å². The Bertz CT molecular complexity index is 618. The Kier molecular flexibility index (Phi) is 4.66. The van der Waals surface area contributed by atoms with Gasteiger partial charge in [0.05, 0.1) is 14.2 Å². The highest BCUT2D eigenvalue weighted by Gasteiger charge is 2.09. The zero-order valence-corrected chi connectivity index (χ0v) is 11.9. The number of amides is 1. The summed E-state index contributed by atoms with van der Waals surface area (Å²) in [4.78, 5) is 12.2. The predicted molar refractivity (Wildman–Crippen MR) is 78.8 cm³/mol. The standard InChI is InChI=1S/C16H17NO4/c1-20-14-7-12(8-15(9-14)21-2)16(19)17-10-11-4-3-5-13(18)6-11/h3-9,18H,10H2,1-2H3,(H,17,19). The Morgan fingerprint density at radius 2 is 1.76 bits per heavy atom. The van der Waals surface area contributed by atoms with Gasteiger partial charge in [0, 0.05) is 18.2 Å². The van der Waals surface area contributed by atoms with Gasteiger partial charge in [-0.1, -0.05) is 12.1 Å². The van der Waals surface area contributed by atoms with E-state index in [0.717, 1.165) is 5.56 Å². The molecule has 0 radical (unpaired) electrons. The van der Waals surface area contributed by atoms with Crippen LogP contribution in [0.1, 0.15) is 15.9 Å². The van der Waals surface area contributed by atoms with E-state index in [1.165, 1.54) is 14.2 Å². The molecule has 2 rings (SSSR count). The lowest BCUT2D eigenvalue weighted by Crippen LogP contribution is -2.22. The first-order chi connectivity index (χ1) is 10.1. The highest BCUT2D eigenvalue weighted by molar-refractivity contribution is 5.95. The third-order valence-corrected chi connectivity index (χ3v) is 2.98. The van der Waals surface area contributed by atoms with E-state index in [1.54, 1.807) is 36.4 Å². The molecule has 0 aliphatic heterocycles. The number of rotatable bonds is 5. The topological polar surface area (TPSA) is 67.8 Å². The van der Waals surface area contributed by atoms with Crippen molar-refractivity contribution >= 4 is 5.91 Å². The van der Waals surface area contributed by atoms with E-state index in [1.807, 2.05) is 6.07 Å². The molecule has 0 spiro atoms. The number of ether oxygens (including phenoxy) is 2. The van der Waals surface area contributed by atoms with Crippen molar-refractivity contribution in [3.63, 3.8) is 0 Å². The van der Waals surface area contributed by atoms with Crippen molar-refractivity contribution in [3.8, 4) is 17.2 Å². The summed E-state index contributed by atoms with van der Waals surface area (Å²) in [5, 5.41) is 12.2. The van der Waals surface area contributed by atoms with E-state index < -0.39 is 0 Å². The molecule has 0 fully saturated rings. The van der Waals surface area contributed by atoms with Crippen LogP contribution in [0.5, 0.6) is 17.2 Å². The van der Waals surface area contributed by atoms with E-state index >= 15 is 0 Å². The maximum Gasteiger partial charge on any atom is 0.251 e. The van der Waals surface area contributed by atoms with Crippen molar-refractivity contribution in [2.75, 3.05) is 14.2 Å². The summed E-state index contributed by atoms with van der Waals surface area (Å²) in [7, 11) is 3.06. The molecule has 0 heterocycles. The van der Waals surface area contributed by atoms with Crippen LogP contribution in [-0.2, 0) is 6.54 Å². The molecule has 2 N–H and O–H groups in total. The molecule has 110 valence electrons. The molecule has 5 heteroatoms. The summed E-state index contributed by atoms with van der Waals surface area (Å²) >= 11 is 0. The Morgan fingerprint density at radius 1 is 1.10 bits per heavy atom. The summed E-state index contributed by atoms with van der Waals surface area (Å²) in [6, 6.07) is 11.7. The molecule has 0 aliphatic rings. The number of carbonyl (C=O) groups excluding carboxylic acids is 1. The van der Waals surface area contributed by atoms with Gasteiger partial charge < -0.3 is 19.9 Å². The van der Waals surface area contributed by atoms with Crippen LogP contribution in [0.25, 0.3) is 0 Å². The average molecular weight is 287 g/mol. The number of phenolic OH excluding ortho intramolecular Hbond substituents is 1. The molecule has 0 aromatic heterocycles. The molecule has 21 heavy (non-hydrogen) atoms. The lowest BCUT2D eigenvalue weighted by atomic mass is 10.1. The van der Waals surface area contributed by atoms with Crippen LogP contribution >= 0.6 is 0 Å². The van der Waals surface area contributed by atoms with Crippen LogP contribution in [0.15, 0.2) is 42.5 Å². The van der Waals surface area contributed by atoms with E-state index in [2.05, 4.69) is 5.32 Å². The minimum atomic E-state index is -0.240. The zero-order valence-electron chi connectivity index (χ0n) is 11.9. The summed E-state index contributed by atoms with van der Waals surface area (Å²) in [5.41, 5.74) is 1.27. The fraction of sp³-hybridized carbons (Fsp3) is 0.188. The molecule has 5 nitrogen and oxygen atoms in total. The van der Waals surface area contributed by atoms with Crippen molar-refractivity contribution in [1.29, 1.82) is 0 Å². The van der Waals surface area contributed by atoms with Gasteiger partial charge >= 0.3 is 0 Å². The first kappa shape index (κ1) is 14.7. The quantitative estimate of drug-likeness (QED) is 0.885. The Morgan fingerprint density at radius 3 is 2.33 bits per heavy atom. The SMILES string of the molecule is COc1cc(OC)cc(C(=O)NCc2cccc(O)c2)c1. The highest BCUT2D eigenvalue weighted by Crippen LogP contribution is 2.22. The third-order valence-electron chi connectivity index (χ3n) is 2.98. The molecular formula is C16H17NO4. The van der Waals surface area contributed by atoms with E-state index in [0.29, 0.717) is 23.6 Å². The largest absolute Gasteiger partial charge is 0.508 e. The van der Waals surface area contributed by atoms with Crippen molar-refractivity contribution in [1.82, 2.24) is 5.32 Å². The van der Waals surface area contributed by atoms with Crippen LogP contribution in [-0.4, -0.2) is 25.2 Å².